The summed E-state index contributed by atoms with van der Waals surface area (Å²) in [6.45, 7) is 7.72. The summed E-state index contributed by atoms with van der Waals surface area (Å²) in [6, 6.07) is 0. The van der Waals surface area contributed by atoms with Gasteiger partial charge in [0.05, 0.1) is 5.60 Å². The lowest BCUT2D eigenvalue weighted by atomic mass is 9.95. The molecular weight excluding hydrogens is 148 g/mol. The quantitative estimate of drug-likeness (QED) is 0.459. The van der Waals surface area contributed by atoms with Crippen LogP contribution in [0.3, 0.4) is 0 Å². The van der Waals surface area contributed by atoms with Gasteiger partial charge in [-0.25, -0.2) is 0 Å². The predicted molar refractivity (Wildman–Crippen MR) is 54.2 cm³/mol. The van der Waals surface area contributed by atoms with Gasteiger partial charge in [-0.2, -0.15) is 0 Å². The van der Waals surface area contributed by atoms with Gasteiger partial charge in [0.2, 0.25) is 0 Å². The van der Waals surface area contributed by atoms with Crippen molar-refractivity contribution in [3.63, 3.8) is 0 Å². The van der Waals surface area contributed by atoms with Gasteiger partial charge in [0, 0.05) is 0 Å². The molecule has 72 valence electrons. The van der Waals surface area contributed by atoms with Crippen LogP contribution in [0.4, 0.5) is 0 Å². The van der Waals surface area contributed by atoms with Gasteiger partial charge < -0.3 is 5.11 Å². The molecule has 1 atom stereocenters. The molecule has 12 heavy (non-hydrogen) atoms. The molecule has 1 unspecified atom stereocenters. The highest BCUT2D eigenvalue weighted by Gasteiger charge is 2.16. The van der Waals surface area contributed by atoms with E-state index in [1.807, 2.05) is 6.92 Å². The number of unbranched alkanes of at least 4 members (excludes halogenated alkanes) is 3. The molecule has 0 aromatic rings. The van der Waals surface area contributed by atoms with Gasteiger partial charge in [-0.05, 0) is 19.8 Å². The molecule has 0 aromatic carbocycles. The summed E-state index contributed by atoms with van der Waals surface area (Å²) >= 11 is 0. The Bertz CT molecular complexity index is 116. The van der Waals surface area contributed by atoms with Gasteiger partial charge in [0.15, 0.2) is 0 Å². The molecule has 0 aliphatic heterocycles. The average Bonchev–Trinajstić information content (AvgIpc) is 1.98. The molecule has 1 heteroatoms. The third kappa shape index (κ3) is 6.41. The van der Waals surface area contributed by atoms with Gasteiger partial charge in [0.1, 0.15) is 0 Å². The van der Waals surface area contributed by atoms with Crippen molar-refractivity contribution in [2.75, 3.05) is 0 Å². The first kappa shape index (κ1) is 11.7. The van der Waals surface area contributed by atoms with Crippen LogP contribution < -0.4 is 0 Å². The summed E-state index contributed by atoms with van der Waals surface area (Å²) in [6.07, 6.45) is 8.31. The maximum absolute atomic E-state index is 9.74. The van der Waals surface area contributed by atoms with Gasteiger partial charge in [-0.1, -0.05) is 38.7 Å². The Morgan fingerprint density at radius 1 is 1.33 bits per heavy atom. The SMILES string of the molecule is C=CCC(C)(O)CCCCCC. The molecule has 0 aromatic heterocycles. The lowest BCUT2D eigenvalue weighted by molar-refractivity contribution is 0.0513. The third-order valence-corrected chi connectivity index (χ3v) is 2.15. The first-order valence-corrected chi connectivity index (χ1v) is 4.95. The summed E-state index contributed by atoms with van der Waals surface area (Å²) in [5.41, 5.74) is -0.518. The van der Waals surface area contributed by atoms with Crippen LogP contribution in [-0.4, -0.2) is 10.7 Å². The lowest BCUT2D eigenvalue weighted by Gasteiger charge is -2.20. The zero-order valence-corrected chi connectivity index (χ0v) is 8.47. The first-order chi connectivity index (χ1) is 5.62. The van der Waals surface area contributed by atoms with Gasteiger partial charge >= 0.3 is 0 Å². The summed E-state index contributed by atoms with van der Waals surface area (Å²) in [7, 11) is 0. The van der Waals surface area contributed by atoms with Crippen LogP contribution in [0.15, 0.2) is 12.7 Å². The molecule has 0 rings (SSSR count). The Labute approximate surface area is 76.5 Å². The number of rotatable bonds is 7. The van der Waals surface area contributed by atoms with Crippen molar-refractivity contribution in [3.05, 3.63) is 12.7 Å². The third-order valence-electron chi connectivity index (χ3n) is 2.15. The minimum absolute atomic E-state index is 0.518. The number of hydrogen-bond acceptors (Lipinski definition) is 1. The van der Waals surface area contributed by atoms with Crippen LogP contribution in [0.25, 0.3) is 0 Å². The largest absolute Gasteiger partial charge is 0.390 e. The van der Waals surface area contributed by atoms with Crippen LogP contribution in [0, 0.1) is 0 Å². The Morgan fingerprint density at radius 2 is 2.00 bits per heavy atom. The maximum Gasteiger partial charge on any atom is 0.0653 e. The zero-order chi connectivity index (χ0) is 9.45. The van der Waals surface area contributed by atoms with Crippen LogP contribution in [0.2, 0.25) is 0 Å². The fraction of sp³-hybridized carbons (Fsp3) is 0.818. The zero-order valence-electron chi connectivity index (χ0n) is 8.47. The summed E-state index contributed by atoms with van der Waals surface area (Å²) < 4.78 is 0. The van der Waals surface area contributed by atoms with Crippen molar-refractivity contribution in [3.8, 4) is 0 Å². The van der Waals surface area contributed by atoms with E-state index in [9.17, 15) is 5.11 Å². The van der Waals surface area contributed by atoms with Crippen molar-refractivity contribution < 1.29 is 5.11 Å². The molecule has 0 aliphatic carbocycles. The fourth-order valence-corrected chi connectivity index (χ4v) is 1.35. The molecule has 0 spiro atoms. The fourth-order valence-electron chi connectivity index (χ4n) is 1.35. The van der Waals surface area contributed by atoms with E-state index in [-0.39, 0.29) is 0 Å². The molecular formula is C11H22O. The summed E-state index contributed by atoms with van der Waals surface area (Å²) in [4.78, 5) is 0. The van der Waals surface area contributed by atoms with Crippen molar-refractivity contribution in [1.82, 2.24) is 0 Å². The summed E-state index contributed by atoms with van der Waals surface area (Å²) in [5, 5.41) is 9.74. The molecule has 0 fully saturated rings. The topological polar surface area (TPSA) is 20.2 Å². The Kier molecular flexibility index (Phi) is 6.09. The highest BCUT2D eigenvalue weighted by molar-refractivity contribution is 4.82. The van der Waals surface area contributed by atoms with Gasteiger partial charge in [-0.15, -0.1) is 6.58 Å². The highest BCUT2D eigenvalue weighted by Crippen LogP contribution is 2.18. The molecule has 0 amide bonds. The van der Waals surface area contributed by atoms with Crippen molar-refractivity contribution in [2.45, 2.75) is 58.0 Å². The second kappa shape index (κ2) is 6.24. The van der Waals surface area contributed by atoms with Crippen molar-refractivity contribution >= 4 is 0 Å². The van der Waals surface area contributed by atoms with Crippen molar-refractivity contribution in [1.29, 1.82) is 0 Å². The molecule has 0 heterocycles. The number of hydrogen-bond donors (Lipinski definition) is 1. The standard InChI is InChI=1S/C11H22O/c1-4-6-7-8-10-11(3,12)9-5-2/h5,12H,2,4,6-10H2,1,3H3. The van der Waals surface area contributed by atoms with E-state index in [2.05, 4.69) is 13.5 Å². The Morgan fingerprint density at radius 3 is 2.50 bits per heavy atom. The normalized spacial score (nSPS) is 15.6. The molecule has 0 radical (unpaired) electrons. The Hall–Kier alpha value is -0.300. The predicted octanol–water partition coefficient (Wildman–Crippen LogP) is 3.28. The molecule has 0 aliphatic rings. The van der Waals surface area contributed by atoms with Crippen LogP contribution in [-0.2, 0) is 0 Å². The van der Waals surface area contributed by atoms with E-state index < -0.39 is 5.60 Å². The van der Waals surface area contributed by atoms with Crippen LogP contribution in [0.5, 0.6) is 0 Å². The first-order valence-electron chi connectivity index (χ1n) is 4.95. The van der Waals surface area contributed by atoms with E-state index in [0.717, 1.165) is 12.8 Å². The monoisotopic (exact) mass is 170 g/mol. The highest BCUT2D eigenvalue weighted by atomic mass is 16.3. The summed E-state index contributed by atoms with van der Waals surface area (Å²) in [5.74, 6) is 0. The minimum atomic E-state index is -0.518. The second-order valence-electron chi connectivity index (χ2n) is 3.80. The van der Waals surface area contributed by atoms with E-state index >= 15 is 0 Å². The molecule has 0 saturated carbocycles. The smallest absolute Gasteiger partial charge is 0.0653 e. The molecule has 1 nitrogen and oxygen atoms in total. The lowest BCUT2D eigenvalue weighted by Crippen LogP contribution is -2.22. The minimum Gasteiger partial charge on any atom is -0.390 e. The van der Waals surface area contributed by atoms with E-state index in [0.29, 0.717) is 6.42 Å². The maximum atomic E-state index is 9.74. The number of aliphatic hydroxyl groups is 1. The Balaban J connectivity index is 3.39. The van der Waals surface area contributed by atoms with Crippen LogP contribution in [0.1, 0.15) is 52.4 Å². The van der Waals surface area contributed by atoms with E-state index in [1.54, 1.807) is 6.08 Å². The van der Waals surface area contributed by atoms with Crippen molar-refractivity contribution in [2.24, 2.45) is 0 Å². The van der Waals surface area contributed by atoms with Gasteiger partial charge in [0.25, 0.3) is 0 Å². The van der Waals surface area contributed by atoms with Crippen LogP contribution >= 0.6 is 0 Å². The second-order valence-corrected chi connectivity index (χ2v) is 3.80. The molecule has 0 bridgehead atoms. The van der Waals surface area contributed by atoms with Gasteiger partial charge in [-0.3, -0.25) is 0 Å². The average molecular weight is 170 g/mol. The molecule has 1 N–H and O–H groups in total. The molecule has 0 saturated heterocycles. The van der Waals surface area contributed by atoms with E-state index in [4.69, 9.17) is 0 Å². The van der Waals surface area contributed by atoms with E-state index in [1.165, 1.54) is 19.3 Å².